The highest BCUT2D eigenvalue weighted by atomic mass is 35.5. The predicted molar refractivity (Wildman–Crippen MR) is 113 cm³/mol. The Balaban J connectivity index is 1.99. The largest absolute Gasteiger partial charge is 0.348 e. The number of hydrogen-bond donors (Lipinski definition) is 3. The summed E-state index contributed by atoms with van der Waals surface area (Å²) in [4.78, 5) is 37.3. The van der Waals surface area contributed by atoms with Crippen LogP contribution in [0.4, 0.5) is 0 Å². The lowest BCUT2D eigenvalue weighted by Crippen LogP contribution is -2.46. The minimum atomic E-state index is -0.398. The number of nitrogens with one attached hydrogen (secondary N) is 3. The van der Waals surface area contributed by atoms with E-state index in [2.05, 4.69) is 19.9 Å². The molecule has 3 N–H and O–H groups in total. The van der Waals surface area contributed by atoms with E-state index in [1.807, 2.05) is 32.9 Å². The third kappa shape index (κ3) is 4.58. The van der Waals surface area contributed by atoms with Crippen molar-refractivity contribution in [2.45, 2.75) is 26.2 Å². The lowest BCUT2D eigenvalue weighted by Gasteiger charge is -2.16. The molecule has 2 heterocycles. The van der Waals surface area contributed by atoms with Crippen LogP contribution in [0.5, 0.6) is 0 Å². The number of imidazole rings is 1. The van der Waals surface area contributed by atoms with Crippen molar-refractivity contribution in [1.29, 1.82) is 0 Å². The van der Waals surface area contributed by atoms with E-state index < -0.39 is 11.1 Å². The van der Waals surface area contributed by atoms with Gasteiger partial charge in [-0.1, -0.05) is 56.7 Å². The van der Waals surface area contributed by atoms with Crippen LogP contribution < -0.4 is 21.8 Å². The molecule has 3 aromatic rings. The molecule has 0 aliphatic rings. The van der Waals surface area contributed by atoms with Crippen LogP contribution in [0.15, 0.2) is 46.3 Å². The quantitative estimate of drug-likeness (QED) is 0.632. The molecular formula is C21H21ClN4O2. The van der Waals surface area contributed by atoms with Crippen LogP contribution in [0.1, 0.15) is 37.7 Å². The average molecular weight is 397 g/mol. The van der Waals surface area contributed by atoms with Gasteiger partial charge >= 0.3 is 0 Å². The van der Waals surface area contributed by atoms with Crippen LogP contribution >= 0.6 is 11.6 Å². The Bertz CT molecular complexity index is 1260. The number of aromatic amines is 3. The van der Waals surface area contributed by atoms with Crippen LogP contribution in [0, 0.1) is 0 Å². The molecule has 0 aliphatic carbocycles. The topological polar surface area (TPSA) is 94.4 Å². The van der Waals surface area contributed by atoms with Crippen LogP contribution in [-0.4, -0.2) is 19.9 Å². The zero-order valence-corrected chi connectivity index (χ0v) is 16.6. The van der Waals surface area contributed by atoms with E-state index in [1.54, 1.807) is 42.8 Å². The van der Waals surface area contributed by atoms with Crippen LogP contribution in [0.3, 0.4) is 0 Å². The maximum atomic E-state index is 12.4. The summed E-state index contributed by atoms with van der Waals surface area (Å²) in [7, 11) is 0. The van der Waals surface area contributed by atoms with Gasteiger partial charge in [-0.05, 0) is 29.8 Å². The van der Waals surface area contributed by atoms with Gasteiger partial charge in [0.05, 0.1) is 12.0 Å². The number of benzene rings is 1. The van der Waals surface area contributed by atoms with Gasteiger partial charge in [-0.2, -0.15) is 0 Å². The predicted octanol–water partition coefficient (Wildman–Crippen LogP) is 2.06. The molecule has 0 atom stereocenters. The molecule has 0 amide bonds. The van der Waals surface area contributed by atoms with Crippen LogP contribution in [0.25, 0.3) is 18.2 Å². The summed E-state index contributed by atoms with van der Waals surface area (Å²) >= 11 is 5.94. The molecule has 6 nitrogen and oxygen atoms in total. The number of halogens is 1. The summed E-state index contributed by atoms with van der Waals surface area (Å²) in [6.45, 7) is 6.11. The highest BCUT2D eigenvalue weighted by Crippen LogP contribution is 2.22. The molecular weight excluding hydrogens is 376 g/mol. The molecule has 0 radical (unpaired) electrons. The normalized spacial score (nSPS) is 13.6. The van der Waals surface area contributed by atoms with E-state index >= 15 is 0 Å². The van der Waals surface area contributed by atoms with Crippen LogP contribution in [0.2, 0.25) is 5.02 Å². The fraction of sp³-hybridized carbons (Fsp3) is 0.190. The molecule has 3 rings (SSSR count). The Morgan fingerprint density at radius 2 is 1.79 bits per heavy atom. The van der Waals surface area contributed by atoms with Crippen molar-refractivity contribution in [2.24, 2.45) is 0 Å². The Morgan fingerprint density at radius 3 is 2.50 bits per heavy atom. The number of nitrogens with zero attached hydrogens (tertiary/aromatic N) is 1. The first-order valence-corrected chi connectivity index (χ1v) is 9.14. The number of H-pyrrole nitrogens is 3. The molecule has 0 spiro atoms. The van der Waals surface area contributed by atoms with E-state index in [0.29, 0.717) is 10.7 Å². The molecule has 7 heteroatoms. The van der Waals surface area contributed by atoms with Crippen molar-refractivity contribution in [1.82, 2.24) is 19.9 Å². The van der Waals surface area contributed by atoms with Gasteiger partial charge in [0.15, 0.2) is 0 Å². The third-order valence-corrected chi connectivity index (χ3v) is 4.32. The summed E-state index contributed by atoms with van der Waals surface area (Å²) < 4.78 is 0. The molecule has 144 valence electrons. The highest BCUT2D eigenvalue weighted by molar-refractivity contribution is 6.30. The molecule has 28 heavy (non-hydrogen) atoms. The summed E-state index contributed by atoms with van der Waals surface area (Å²) in [5.41, 5.74) is 1.42. The van der Waals surface area contributed by atoms with E-state index in [4.69, 9.17) is 11.6 Å². The first-order valence-electron chi connectivity index (χ1n) is 8.76. The summed E-state index contributed by atoms with van der Waals surface area (Å²) in [6.07, 6.45) is 8.16. The zero-order valence-electron chi connectivity index (χ0n) is 15.8. The molecule has 0 unspecified atom stereocenters. The monoisotopic (exact) mass is 396 g/mol. The fourth-order valence-corrected chi connectivity index (χ4v) is 2.93. The van der Waals surface area contributed by atoms with Crippen LogP contribution in [-0.2, 0) is 5.41 Å². The zero-order chi connectivity index (χ0) is 20.3. The Kier molecular flexibility index (Phi) is 5.51. The van der Waals surface area contributed by atoms with Gasteiger partial charge in [-0.25, -0.2) is 4.98 Å². The molecule has 2 aromatic heterocycles. The molecule has 0 saturated heterocycles. The van der Waals surface area contributed by atoms with E-state index in [0.717, 1.165) is 11.3 Å². The molecule has 0 saturated carbocycles. The van der Waals surface area contributed by atoms with Gasteiger partial charge in [0, 0.05) is 16.1 Å². The Morgan fingerprint density at radius 1 is 1.07 bits per heavy atom. The Labute approximate surface area is 166 Å². The van der Waals surface area contributed by atoms with Crippen molar-refractivity contribution in [3.05, 3.63) is 90.0 Å². The van der Waals surface area contributed by atoms with E-state index in [9.17, 15) is 9.59 Å². The second-order valence-corrected chi connectivity index (χ2v) is 7.81. The summed E-state index contributed by atoms with van der Waals surface area (Å²) in [6, 6.07) is 7.30. The lowest BCUT2D eigenvalue weighted by molar-refractivity contribution is 0.571. The molecule has 0 bridgehead atoms. The van der Waals surface area contributed by atoms with Gasteiger partial charge in [-0.15, -0.1) is 0 Å². The first kappa shape index (κ1) is 19.6. The first-order chi connectivity index (χ1) is 13.2. The average Bonchev–Trinajstić information content (AvgIpc) is 3.08. The maximum Gasteiger partial charge on any atom is 0.272 e. The van der Waals surface area contributed by atoms with Gasteiger partial charge in [-0.3, -0.25) is 9.59 Å². The second kappa shape index (κ2) is 7.86. The number of allylic oxidation sites excluding steroid dienone is 1. The van der Waals surface area contributed by atoms with Crippen molar-refractivity contribution >= 4 is 29.8 Å². The number of rotatable bonds is 3. The number of aromatic nitrogens is 4. The molecule has 0 aliphatic heterocycles. The smallest absolute Gasteiger partial charge is 0.272 e. The highest BCUT2D eigenvalue weighted by Gasteiger charge is 2.19. The third-order valence-electron chi connectivity index (χ3n) is 4.09. The SMILES string of the molecule is CC(C)(C)c1[nH]cnc1/C=c1\[nH]c(=O)/c(=C/C=C/c2cccc(Cl)c2)[nH]c1=O. The molecule has 0 fully saturated rings. The van der Waals surface area contributed by atoms with E-state index in [-0.39, 0.29) is 16.1 Å². The molecule has 1 aromatic carbocycles. The maximum absolute atomic E-state index is 12.4. The van der Waals surface area contributed by atoms with Gasteiger partial charge < -0.3 is 15.0 Å². The van der Waals surface area contributed by atoms with E-state index in [1.165, 1.54) is 0 Å². The van der Waals surface area contributed by atoms with Gasteiger partial charge in [0.1, 0.15) is 10.7 Å². The van der Waals surface area contributed by atoms with Crippen molar-refractivity contribution < 1.29 is 0 Å². The van der Waals surface area contributed by atoms with Crippen molar-refractivity contribution in [2.75, 3.05) is 0 Å². The summed E-state index contributed by atoms with van der Waals surface area (Å²) in [5, 5.41) is 0.943. The minimum absolute atomic E-state index is 0.151. The van der Waals surface area contributed by atoms with Crippen molar-refractivity contribution in [3.63, 3.8) is 0 Å². The van der Waals surface area contributed by atoms with Crippen molar-refractivity contribution in [3.8, 4) is 0 Å². The second-order valence-electron chi connectivity index (χ2n) is 7.37. The van der Waals surface area contributed by atoms with Gasteiger partial charge in [0.2, 0.25) is 0 Å². The summed E-state index contributed by atoms with van der Waals surface area (Å²) in [5.74, 6) is 0. The lowest BCUT2D eigenvalue weighted by atomic mass is 9.90. The van der Waals surface area contributed by atoms with Gasteiger partial charge in [0.25, 0.3) is 11.1 Å². The number of hydrogen-bond acceptors (Lipinski definition) is 3. The fourth-order valence-electron chi connectivity index (χ4n) is 2.73. The standard InChI is InChI=1S/C21H21ClN4O2/c1-21(2,3)18-16(23-12-24-18)11-17-20(28)25-15(19(27)26-17)9-5-7-13-6-4-8-14(22)10-13/h4-12H,1-3H3,(H,23,24)(H,25,28)(H,26,27)/b7-5+,15-9-,17-11-. The Hall–Kier alpha value is -3.12. The minimum Gasteiger partial charge on any atom is -0.348 e.